The van der Waals surface area contributed by atoms with Crippen LogP contribution < -0.4 is 5.73 Å². The summed E-state index contributed by atoms with van der Waals surface area (Å²) < 4.78 is 0. The smallest absolute Gasteiger partial charge is 0.0390 e. The summed E-state index contributed by atoms with van der Waals surface area (Å²) in [6.45, 7) is 5.76. The summed E-state index contributed by atoms with van der Waals surface area (Å²) in [6.07, 6.45) is 0. The Balaban J connectivity index is 3.15. The third-order valence-electron chi connectivity index (χ3n) is 1.42. The van der Waals surface area contributed by atoms with Gasteiger partial charge in [0.2, 0.25) is 0 Å². The van der Waals surface area contributed by atoms with E-state index in [2.05, 4.69) is 6.58 Å². The Morgan fingerprint density at radius 1 is 1.40 bits per heavy atom. The molecular formula is C9H11N. The number of hydrogen-bond donors (Lipinski definition) is 1. The maximum absolute atomic E-state index is 5.66. The largest absolute Gasteiger partial charge is 0.398 e. The summed E-state index contributed by atoms with van der Waals surface area (Å²) in [7, 11) is 0. The van der Waals surface area contributed by atoms with E-state index in [0.29, 0.717) is 0 Å². The number of anilines is 1. The van der Waals surface area contributed by atoms with E-state index in [9.17, 15) is 0 Å². The molecule has 0 spiro atoms. The first kappa shape index (κ1) is 6.87. The first-order valence-electron chi connectivity index (χ1n) is 3.22. The second-order valence-electron chi connectivity index (χ2n) is 2.37. The maximum Gasteiger partial charge on any atom is 0.0390 e. The Morgan fingerprint density at radius 3 is 2.40 bits per heavy atom. The lowest BCUT2D eigenvalue weighted by Gasteiger charge is -2.01. The predicted octanol–water partition coefficient (Wildman–Crippen LogP) is 2.30. The second kappa shape index (κ2) is 2.56. The van der Waals surface area contributed by atoms with Gasteiger partial charge in [0.15, 0.2) is 0 Å². The van der Waals surface area contributed by atoms with Gasteiger partial charge in [-0.3, -0.25) is 0 Å². The van der Waals surface area contributed by atoms with Crippen LogP contribution in [0.1, 0.15) is 12.5 Å². The van der Waals surface area contributed by atoms with Gasteiger partial charge in [0, 0.05) is 5.69 Å². The summed E-state index contributed by atoms with van der Waals surface area (Å²) in [6, 6.07) is 7.73. The summed E-state index contributed by atoms with van der Waals surface area (Å²) >= 11 is 0. The van der Waals surface area contributed by atoms with Crippen molar-refractivity contribution >= 4 is 11.3 Å². The SMILES string of the molecule is C=C(C)c1ccccc1N. The molecule has 0 radical (unpaired) electrons. The van der Waals surface area contributed by atoms with Gasteiger partial charge in [0.05, 0.1) is 0 Å². The quantitative estimate of drug-likeness (QED) is 0.584. The third-order valence-corrected chi connectivity index (χ3v) is 1.42. The van der Waals surface area contributed by atoms with E-state index in [4.69, 9.17) is 5.73 Å². The zero-order chi connectivity index (χ0) is 7.56. The zero-order valence-electron chi connectivity index (χ0n) is 6.09. The van der Waals surface area contributed by atoms with Crippen molar-refractivity contribution in [3.63, 3.8) is 0 Å². The second-order valence-corrected chi connectivity index (χ2v) is 2.37. The fourth-order valence-electron chi connectivity index (χ4n) is 0.886. The molecular weight excluding hydrogens is 122 g/mol. The molecule has 0 aromatic heterocycles. The molecule has 0 fully saturated rings. The Hall–Kier alpha value is -1.24. The van der Waals surface area contributed by atoms with Gasteiger partial charge in [0.25, 0.3) is 0 Å². The predicted molar refractivity (Wildman–Crippen MR) is 45.6 cm³/mol. The van der Waals surface area contributed by atoms with Crippen molar-refractivity contribution in [2.75, 3.05) is 5.73 Å². The Bertz CT molecular complexity index is 251. The Kier molecular flexibility index (Phi) is 1.76. The van der Waals surface area contributed by atoms with Crippen LogP contribution >= 0.6 is 0 Å². The lowest BCUT2D eigenvalue weighted by molar-refractivity contribution is 1.57. The van der Waals surface area contributed by atoms with Crippen LogP contribution in [0.15, 0.2) is 30.8 Å². The van der Waals surface area contributed by atoms with Crippen molar-refractivity contribution < 1.29 is 0 Å². The molecule has 10 heavy (non-hydrogen) atoms. The van der Waals surface area contributed by atoms with Gasteiger partial charge in [-0.25, -0.2) is 0 Å². The molecule has 0 heterocycles. The van der Waals surface area contributed by atoms with Gasteiger partial charge in [-0.1, -0.05) is 24.8 Å². The minimum absolute atomic E-state index is 0.801. The molecule has 1 aromatic carbocycles. The van der Waals surface area contributed by atoms with Crippen LogP contribution in [0, 0.1) is 0 Å². The van der Waals surface area contributed by atoms with Crippen LogP contribution in [0.2, 0.25) is 0 Å². The van der Waals surface area contributed by atoms with Crippen molar-refractivity contribution in [3.8, 4) is 0 Å². The molecule has 2 N–H and O–H groups in total. The van der Waals surface area contributed by atoms with Crippen molar-refractivity contribution in [3.05, 3.63) is 36.4 Å². The topological polar surface area (TPSA) is 26.0 Å². The number of allylic oxidation sites excluding steroid dienone is 1. The number of nitrogens with two attached hydrogens (primary N) is 1. The number of para-hydroxylation sites is 1. The summed E-state index contributed by atoms with van der Waals surface area (Å²) in [4.78, 5) is 0. The number of hydrogen-bond acceptors (Lipinski definition) is 1. The Labute approximate surface area is 61.2 Å². The fourth-order valence-corrected chi connectivity index (χ4v) is 0.886. The summed E-state index contributed by atoms with van der Waals surface area (Å²) in [5, 5.41) is 0. The molecule has 0 aliphatic carbocycles. The van der Waals surface area contributed by atoms with Crippen LogP contribution in [0.4, 0.5) is 5.69 Å². The lowest BCUT2D eigenvalue weighted by Crippen LogP contribution is -1.89. The highest BCUT2D eigenvalue weighted by molar-refractivity contribution is 5.71. The van der Waals surface area contributed by atoms with Gasteiger partial charge >= 0.3 is 0 Å². The van der Waals surface area contributed by atoms with Crippen molar-refractivity contribution in [2.45, 2.75) is 6.92 Å². The molecule has 0 atom stereocenters. The molecule has 0 aliphatic heterocycles. The van der Waals surface area contributed by atoms with E-state index in [1.165, 1.54) is 0 Å². The van der Waals surface area contributed by atoms with Crippen molar-refractivity contribution in [1.29, 1.82) is 0 Å². The normalized spacial score (nSPS) is 9.30. The monoisotopic (exact) mass is 133 g/mol. The highest BCUT2D eigenvalue weighted by atomic mass is 14.6. The van der Waals surface area contributed by atoms with Crippen LogP contribution in [-0.4, -0.2) is 0 Å². The minimum atomic E-state index is 0.801. The van der Waals surface area contributed by atoms with Gasteiger partial charge < -0.3 is 5.73 Å². The molecule has 1 heteroatoms. The van der Waals surface area contributed by atoms with Gasteiger partial charge in [-0.2, -0.15) is 0 Å². The molecule has 0 bridgehead atoms. The Morgan fingerprint density at radius 2 is 2.00 bits per heavy atom. The molecule has 1 rings (SSSR count). The van der Waals surface area contributed by atoms with Crippen molar-refractivity contribution in [1.82, 2.24) is 0 Å². The molecule has 0 amide bonds. The third kappa shape index (κ3) is 1.18. The van der Waals surface area contributed by atoms with Crippen LogP contribution in [0.5, 0.6) is 0 Å². The first-order valence-corrected chi connectivity index (χ1v) is 3.22. The van der Waals surface area contributed by atoms with Gasteiger partial charge in [-0.05, 0) is 24.1 Å². The highest BCUT2D eigenvalue weighted by Gasteiger charge is 1.94. The lowest BCUT2D eigenvalue weighted by atomic mass is 10.1. The minimum Gasteiger partial charge on any atom is -0.398 e. The first-order chi connectivity index (χ1) is 4.72. The van der Waals surface area contributed by atoms with E-state index in [1.54, 1.807) is 0 Å². The van der Waals surface area contributed by atoms with Gasteiger partial charge in [-0.15, -0.1) is 0 Å². The molecule has 0 unspecified atom stereocenters. The fraction of sp³-hybridized carbons (Fsp3) is 0.111. The van der Waals surface area contributed by atoms with E-state index < -0.39 is 0 Å². The standard InChI is InChI=1S/C9H11N/c1-7(2)8-5-3-4-6-9(8)10/h3-6H,1,10H2,2H3. The number of nitrogen functional groups attached to an aromatic ring is 1. The molecule has 1 aromatic rings. The molecule has 0 saturated carbocycles. The highest BCUT2D eigenvalue weighted by Crippen LogP contribution is 2.17. The summed E-state index contributed by atoms with van der Waals surface area (Å²) in [5.41, 5.74) is 8.52. The molecule has 52 valence electrons. The van der Waals surface area contributed by atoms with Crippen molar-refractivity contribution in [2.24, 2.45) is 0 Å². The van der Waals surface area contributed by atoms with Crippen LogP contribution in [0.3, 0.4) is 0 Å². The molecule has 0 aliphatic rings. The van der Waals surface area contributed by atoms with Gasteiger partial charge in [0.1, 0.15) is 0 Å². The van der Waals surface area contributed by atoms with Crippen LogP contribution in [-0.2, 0) is 0 Å². The molecule has 0 saturated heterocycles. The van der Waals surface area contributed by atoms with E-state index in [0.717, 1.165) is 16.8 Å². The molecule has 1 nitrogen and oxygen atoms in total. The zero-order valence-corrected chi connectivity index (χ0v) is 6.09. The maximum atomic E-state index is 5.66. The van der Waals surface area contributed by atoms with E-state index in [-0.39, 0.29) is 0 Å². The van der Waals surface area contributed by atoms with E-state index >= 15 is 0 Å². The average Bonchev–Trinajstić information content (AvgIpc) is 1.88. The average molecular weight is 133 g/mol. The summed E-state index contributed by atoms with van der Waals surface area (Å²) in [5.74, 6) is 0. The number of rotatable bonds is 1. The number of benzene rings is 1. The van der Waals surface area contributed by atoms with Crippen LogP contribution in [0.25, 0.3) is 5.57 Å². The van der Waals surface area contributed by atoms with E-state index in [1.807, 2.05) is 31.2 Å².